The number of esters is 1. The van der Waals surface area contributed by atoms with Crippen LogP contribution in [-0.2, 0) is 9.53 Å². The van der Waals surface area contributed by atoms with Crippen molar-refractivity contribution in [3.8, 4) is 11.5 Å². The number of alkyl halides is 3. The largest absolute Gasteiger partial charge is 0.493 e. The quantitative estimate of drug-likeness (QED) is 0.416. The number of amides is 2. The van der Waals surface area contributed by atoms with Gasteiger partial charge >= 0.3 is 18.2 Å². The van der Waals surface area contributed by atoms with Gasteiger partial charge in [-0.1, -0.05) is 0 Å². The molecule has 2 N–H and O–H groups in total. The maximum absolute atomic E-state index is 15.6. The lowest BCUT2D eigenvalue weighted by Crippen LogP contribution is -2.57. The minimum atomic E-state index is -5.49. The van der Waals surface area contributed by atoms with Gasteiger partial charge in [0.05, 0.1) is 19.8 Å². The van der Waals surface area contributed by atoms with E-state index in [9.17, 15) is 22.8 Å². The first kappa shape index (κ1) is 27.1. The molecular weight excluding hydrogens is 523 g/mol. The Morgan fingerprint density at radius 2 is 1.71 bits per heavy atom. The number of anilines is 3. The second-order valence-corrected chi connectivity index (χ2v) is 8.24. The molecule has 2 aliphatic rings. The molecule has 0 aliphatic carbocycles. The number of aromatic nitrogens is 2. The highest BCUT2D eigenvalue weighted by molar-refractivity contribution is 6.07. The lowest BCUT2D eigenvalue weighted by molar-refractivity contribution is -0.205. The molecule has 206 valence electrons. The van der Waals surface area contributed by atoms with Gasteiger partial charge in [-0.25, -0.2) is 28.3 Å². The van der Waals surface area contributed by atoms with E-state index in [-0.39, 0.29) is 22.2 Å². The first-order valence-corrected chi connectivity index (χ1v) is 11.3. The number of halogens is 5. The van der Waals surface area contributed by atoms with E-state index in [0.717, 1.165) is 31.4 Å². The van der Waals surface area contributed by atoms with Crippen molar-refractivity contribution in [2.75, 3.05) is 49.5 Å². The molecule has 1 atom stereocenters. The third-order valence-electron chi connectivity index (χ3n) is 6.08. The highest BCUT2D eigenvalue weighted by Crippen LogP contribution is 2.46. The van der Waals surface area contributed by atoms with Crippen LogP contribution in [-0.4, -0.2) is 68.5 Å². The Labute approximate surface area is 212 Å². The van der Waals surface area contributed by atoms with Crippen molar-refractivity contribution in [3.63, 3.8) is 0 Å². The Morgan fingerprint density at radius 1 is 1.11 bits per heavy atom. The van der Waals surface area contributed by atoms with Gasteiger partial charge in [0.1, 0.15) is 5.69 Å². The van der Waals surface area contributed by atoms with E-state index in [4.69, 9.17) is 9.47 Å². The number of nitrogens with one attached hydrogen (secondary N) is 2. The molecule has 4 rings (SSSR count). The van der Waals surface area contributed by atoms with Gasteiger partial charge in [0, 0.05) is 25.4 Å². The number of carbonyl (C=O) groups excluding carboxylic acids is 2. The number of ether oxygens (including phenoxy) is 3. The summed E-state index contributed by atoms with van der Waals surface area (Å²) in [5.74, 6) is -6.89. The molecule has 3 heterocycles. The van der Waals surface area contributed by atoms with E-state index >= 15 is 8.78 Å². The molecule has 2 aliphatic heterocycles. The van der Waals surface area contributed by atoms with Crippen LogP contribution in [0.3, 0.4) is 0 Å². The molecule has 1 unspecified atom stereocenters. The van der Waals surface area contributed by atoms with Gasteiger partial charge in [0.25, 0.3) is 0 Å². The average Bonchev–Trinajstić information content (AvgIpc) is 2.90. The Morgan fingerprint density at radius 3 is 2.24 bits per heavy atom. The van der Waals surface area contributed by atoms with Gasteiger partial charge in [0.15, 0.2) is 29.0 Å². The number of fused-ring (bicyclic) bond motifs is 1. The van der Waals surface area contributed by atoms with Crippen molar-refractivity contribution in [2.24, 2.45) is 0 Å². The highest BCUT2D eigenvalue weighted by atomic mass is 19.4. The molecule has 0 radical (unpaired) electrons. The summed E-state index contributed by atoms with van der Waals surface area (Å²) in [5, 5.41) is 5.77. The molecule has 1 saturated heterocycles. The number of piperidine rings is 1. The fourth-order valence-corrected chi connectivity index (χ4v) is 4.29. The standard InChI is InChI=1S/C22H23F5N6O5/c1-28-20-30-9-11-17(31-20)32(10-4-6-29-7-5-10)21(35)33(18(11)38-19(34)22(25,26)27)16-14(23)12(36-2)8-13(37-3)15(16)24/h8-10,18,29H,4-7H2,1-3H3,(H,28,30,31). The second kappa shape index (κ2) is 10.4. The summed E-state index contributed by atoms with van der Waals surface area (Å²) in [7, 11) is 3.59. The van der Waals surface area contributed by atoms with Gasteiger partial charge in [-0.15, -0.1) is 0 Å². The number of hydrogen-bond donors (Lipinski definition) is 2. The van der Waals surface area contributed by atoms with Crippen molar-refractivity contribution in [2.45, 2.75) is 31.3 Å². The number of methoxy groups -OCH3 is 2. The number of benzene rings is 1. The monoisotopic (exact) mass is 546 g/mol. The van der Waals surface area contributed by atoms with Crippen LogP contribution in [0, 0.1) is 11.6 Å². The fourth-order valence-electron chi connectivity index (χ4n) is 4.29. The van der Waals surface area contributed by atoms with E-state index in [0.29, 0.717) is 25.9 Å². The van der Waals surface area contributed by atoms with Crippen LogP contribution in [0.25, 0.3) is 0 Å². The number of urea groups is 1. The molecule has 38 heavy (non-hydrogen) atoms. The Bertz CT molecular complexity index is 1210. The van der Waals surface area contributed by atoms with Crippen molar-refractivity contribution in [1.82, 2.24) is 15.3 Å². The third-order valence-corrected chi connectivity index (χ3v) is 6.08. The first-order valence-electron chi connectivity index (χ1n) is 11.3. The normalized spacial score (nSPS) is 18.2. The predicted molar refractivity (Wildman–Crippen MR) is 122 cm³/mol. The zero-order valence-corrected chi connectivity index (χ0v) is 20.4. The summed E-state index contributed by atoms with van der Waals surface area (Å²) in [6.07, 6.45) is -6.00. The molecule has 16 heteroatoms. The summed E-state index contributed by atoms with van der Waals surface area (Å²) < 4.78 is 85.4. The van der Waals surface area contributed by atoms with E-state index in [1.807, 2.05) is 0 Å². The predicted octanol–water partition coefficient (Wildman–Crippen LogP) is 3.12. The lowest BCUT2D eigenvalue weighted by atomic mass is 10.0. The first-order chi connectivity index (χ1) is 18.0. The molecule has 2 aromatic rings. The Hall–Kier alpha value is -3.95. The van der Waals surface area contributed by atoms with E-state index in [2.05, 4.69) is 25.3 Å². The summed E-state index contributed by atoms with van der Waals surface area (Å²) in [5.41, 5.74) is -1.45. The Kier molecular flexibility index (Phi) is 7.44. The SMILES string of the molecule is CNc1ncc2c(n1)N(C1CCNCC1)C(=O)N(c1c(F)c(OC)cc(OC)c1F)C2OC(=O)C(F)(F)F. The molecule has 0 spiro atoms. The summed E-state index contributed by atoms with van der Waals surface area (Å²) in [6.45, 7) is 0.964. The molecule has 0 bridgehead atoms. The lowest BCUT2D eigenvalue weighted by Gasteiger charge is -2.44. The van der Waals surface area contributed by atoms with Crippen LogP contribution in [0.4, 0.5) is 44.2 Å². The maximum atomic E-state index is 15.6. The third kappa shape index (κ3) is 4.70. The van der Waals surface area contributed by atoms with Crippen LogP contribution < -0.4 is 29.9 Å². The number of hydrogen-bond acceptors (Lipinski definition) is 9. The Balaban J connectivity index is 2.00. The van der Waals surface area contributed by atoms with Gasteiger partial charge in [-0.3, -0.25) is 4.90 Å². The average molecular weight is 546 g/mol. The van der Waals surface area contributed by atoms with Gasteiger partial charge < -0.3 is 24.8 Å². The fraction of sp³-hybridized carbons (Fsp3) is 0.455. The second-order valence-electron chi connectivity index (χ2n) is 8.24. The smallest absolute Gasteiger partial charge is 0.491 e. The molecule has 2 amide bonds. The van der Waals surface area contributed by atoms with Crippen LogP contribution >= 0.6 is 0 Å². The number of nitrogens with zero attached hydrogens (tertiary/aromatic N) is 4. The van der Waals surface area contributed by atoms with Crippen LogP contribution in [0.15, 0.2) is 12.3 Å². The minimum absolute atomic E-state index is 0.00485. The van der Waals surface area contributed by atoms with Crippen LogP contribution in [0.2, 0.25) is 0 Å². The van der Waals surface area contributed by atoms with Gasteiger partial charge in [-0.05, 0) is 25.9 Å². The summed E-state index contributed by atoms with van der Waals surface area (Å²) in [4.78, 5) is 35.5. The minimum Gasteiger partial charge on any atom is -0.493 e. The summed E-state index contributed by atoms with van der Waals surface area (Å²) in [6, 6.07) is -0.888. The van der Waals surface area contributed by atoms with E-state index < -0.39 is 59.3 Å². The van der Waals surface area contributed by atoms with Gasteiger partial charge in [-0.2, -0.15) is 18.2 Å². The van der Waals surface area contributed by atoms with Crippen LogP contribution in [0.5, 0.6) is 11.5 Å². The van der Waals surface area contributed by atoms with Crippen molar-refractivity contribution >= 4 is 29.5 Å². The highest BCUT2D eigenvalue weighted by Gasteiger charge is 2.51. The molecule has 0 saturated carbocycles. The van der Waals surface area contributed by atoms with Crippen molar-refractivity contribution in [3.05, 3.63) is 29.5 Å². The summed E-state index contributed by atoms with van der Waals surface area (Å²) >= 11 is 0. The maximum Gasteiger partial charge on any atom is 0.491 e. The van der Waals surface area contributed by atoms with Crippen LogP contribution in [0.1, 0.15) is 24.6 Å². The zero-order chi connectivity index (χ0) is 27.8. The van der Waals surface area contributed by atoms with Crippen molar-refractivity contribution < 1.29 is 45.8 Å². The molecule has 1 fully saturated rings. The molecule has 11 nitrogen and oxygen atoms in total. The molecule has 1 aromatic carbocycles. The van der Waals surface area contributed by atoms with Crippen molar-refractivity contribution in [1.29, 1.82) is 0 Å². The number of rotatable bonds is 6. The topological polar surface area (TPSA) is 118 Å². The number of carbonyl (C=O) groups is 2. The van der Waals surface area contributed by atoms with E-state index in [1.165, 1.54) is 7.05 Å². The zero-order valence-electron chi connectivity index (χ0n) is 20.4. The molecular formula is C22H23F5N6O5. The van der Waals surface area contributed by atoms with Gasteiger partial charge in [0.2, 0.25) is 12.2 Å². The van der Waals surface area contributed by atoms with E-state index in [1.54, 1.807) is 0 Å². The molecule has 1 aromatic heterocycles.